The fourth-order valence-electron chi connectivity index (χ4n) is 1.54. The van der Waals surface area contributed by atoms with Gasteiger partial charge in [0.1, 0.15) is 0 Å². The first-order valence-electron chi connectivity index (χ1n) is 4.66. The van der Waals surface area contributed by atoms with Gasteiger partial charge in [0.25, 0.3) is 0 Å². The van der Waals surface area contributed by atoms with Crippen molar-refractivity contribution in [2.45, 2.75) is 6.04 Å². The molecule has 0 aliphatic heterocycles. The van der Waals surface area contributed by atoms with Crippen LogP contribution >= 0.6 is 12.4 Å². The molecule has 0 aliphatic carbocycles. The molecule has 0 saturated heterocycles. The minimum atomic E-state index is -0.278. The monoisotopic (exact) mass is 223 g/mol. The van der Waals surface area contributed by atoms with Gasteiger partial charge in [-0.3, -0.25) is 0 Å². The van der Waals surface area contributed by atoms with Gasteiger partial charge in [-0.2, -0.15) is 0 Å². The van der Waals surface area contributed by atoms with Gasteiger partial charge in [-0.1, -0.05) is 36.4 Å². The third kappa shape index (κ3) is 2.48. The summed E-state index contributed by atoms with van der Waals surface area (Å²) in [5.74, 6) is 0. The van der Waals surface area contributed by atoms with Gasteiger partial charge in [0.15, 0.2) is 0 Å². The molecule has 0 aliphatic rings. The van der Waals surface area contributed by atoms with Crippen molar-refractivity contribution in [3.63, 3.8) is 0 Å². The summed E-state index contributed by atoms with van der Waals surface area (Å²) in [6.45, 7) is -0.0155. The average Bonchev–Trinajstić information content (AvgIpc) is 2.27. The molecule has 1 atom stereocenters. The standard InChI is InChI=1S/C12H13NO.ClH/c13-12(8-14)11-6-5-9-3-1-2-4-10(9)7-11;/h1-7,12,14H,8,13H2;1H/t12-;/m1./s1. The number of aliphatic hydroxyl groups excluding tert-OH is 1. The van der Waals surface area contributed by atoms with E-state index in [0.717, 1.165) is 10.9 Å². The van der Waals surface area contributed by atoms with Crippen molar-refractivity contribution in [1.29, 1.82) is 0 Å². The SMILES string of the molecule is Cl.N[C@H](CO)c1ccc2ccccc2c1. The van der Waals surface area contributed by atoms with Gasteiger partial charge >= 0.3 is 0 Å². The zero-order valence-electron chi connectivity index (χ0n) is 8.26. The minimum absolute atomic E-state index is 0. The Labute approximate surface area is 95.1 Å². The van der Waals surface area contributed by atoms with Crippen LogP contribution in [-0.2, 0) is 0 Å². The lowest BCUT2D eigenvalue weighted by atomic mass is 10.0. The van der Waals surface area contributed by atoms with Crippen molar-refractivity contribution >= 4 is 23.2 Å². The van der Waals surface area contributed by atoms with E-state index in [2.05, 4.69) is 6.07 Å². The summed E-state index contributed by atoms with van der Waals surface area (Å²) >= 11 is 0. The highest BCUT2D eigenvalue weighted by molar-refractivity contribution is 5.85. The van der Waals surface area contributed by atoms with Gasteiger partial charge in [0, 0.05) is 0 Å². The smallest absolute Gasteiger partial charge is 0.0624 e. The molecule has 3 heteroatoms. The lowest BCUT2D eigenvalue weighted by Crippen LogP contribution is -2.14. The molecule has 0 unspecified atom stereocenters. The van der Waals surface area contributed by atoms with Crippen LogP contribution in [0, 0.1) is 0 Å². The van der Waals surface area contributed by atoms with E-state index in [1.165, 1.54) is 5.39 Å². The predicted molar refractivity (Wildman–Crippen MR) is 65.2 cm³/mol. The van der Waals surface area contributed by atoms with Crippen LogP contribution in [0.5, 0.6) is 0 Å². The summed E-state index contributed by atoms with van der Waals surface area (Å²) in [5, 5.41) is 11.3. The van der Waals surface area contributed by atoms with Crippen molar-refractivity contribution in [2.24, 2.45) is 5.73 Å². The van der Waals surface area contributed by atoms with E-state index in [4.69, 9.17) is 10.8 Å². The summed E-state index contributed by atoms with van der Waals surface area (Å²) in [5.41, 5.74) is 6.71. The van der Waals surface area contributed by atoms with Crippen molar-refractivity contribution in [3.05, 3.63) is 48.0 Å². The number of nitrogens with two attached hydrogens (primary N) is 1. The lowest BCUT2D eigenvalue weighted by Gasteiger charge is -2.09. The number of rotatable bonds is 2. The Morgan fingerprint density at radius 2 is 1.73 bits per heavy atom. The molecular weight excluding hydrogens is 210 g/mol. The molecule has 0 bridgehead atoms. The molecule has 2 nitrogen and oxygen atoms in total. The maximum atomic E-state index is 8.94. The second kappa shape index (κ2) is 5.12. The summed E-state index contributed by atoms with van der Waals surface area (Å²) in [6.07, 6.45) is 0. The highest BCUT2D eigenvalue weighted by Gasteiger charge is 2.03. The molecule has 0 heterocycles. The molecule has 2 aromatic rings. The number of fused-ring (bicyclic) bond motifs is 1. The van der Waals surface area contributed by atoms with E-state index < -0.39 is 0 Å². The first kappa shape index (κ1) is 12.0. The topological polar surface area (TPSA) is 46.2 Å². The van der Waals surface area contributed by atoms with Gasteiger partial charge in [0.05, 0.1) is 12.6 Å². The normalized spacial score (nSPS) is 12.1. The van der Waals surface area contributed by atoms with Gasteiger partial charge in [-0.25, -0.2) is 0 Å². The maximum Gasteiger partial charge on any atom is 0.0624 e. The van der Waals surface area contributed by atoms with Gasteiger partial charge in [0.2, 0.25) is 0 Å². The Morgan fingerprint density at radius 3 is 2.40 bits per heavy atom. The Bertz CT molecular complexity index is 444. The van der Waals surface area contributed by atoms with E-state index >= 15 is 0 Å². The Hall–Kier alpha value is -1.09. The van der Waals surface area contributed by atoms with Crippen LogP contribution in [0.15, 0.2) is 42.5 Å². The second-order valence-corrected chi connectivity index (χ2v) is 3.40. The molecule has 0 fully saturated rings. The molecule has 0 radical (unpaired) electrons. The van der Waals surface area contributed by atoms with Crippen molar-refractivity contribution in [3.8, 4) is 0 Å². The second-order valence-electron chi connectivity index (χ2n) is 3.40. The first-order valence-corrected chi connectivity index (χ1v) is 4.66. The summed E-state index contributed by atoms with van der Waals surface area (Å²) < 4.78 is 0. The van der Waals surface area contributed by atoms with Crippen LogP contribution in [0.3, 0.4) is 0 Å². The highest BCUT2D eigenvalue weighted by Crippen LogP contribution is 2.18. The molecule has 0 saturated carbocycles. The maximum absolute atomic E-state index is 8.94. The molecule has 2 aromatic carbocycles. The third-order valence-corrected chi connectivity index (χ3v) is 2.40. The van der Waals surface area contributed by atoms with Crippen LogP contribution in [0.2, 0.25) is 0 Å². The number of hydrogen-bond acceptors (Lipinski definition) is 2. The molecule has 80 valence electrons. The molecule has 3 N–H and O–H groups in total. The minimum Gasteiger partial charge on any atom is -0.394 e. The number of halogens is 1. The third-order valence-electron chi connectivity index (χ3n) is 2.40. The van der Waals surface area contributed by atoms with Crippen LogP contribution in [-0.4, -0.2) is 11.7 Å². The first-order chi connectivity index (χ1) is 6.81. The predicted octanol–water partition coefficient (Wildman–Crippen LogP) is 2.25. The highest BCUT2D eigenvalue weighted by atomic mass is 35.5. The summed E-state index contributed by atoms with van der Waals surface area (Å²) in [6, 6.07) is 13.8. The summed E-state index contributed by atoms with van der Waals surface area (Å²) in [7, 11) is 0. The van der Waals surface area contributed by atoms with Crippen molar-refractivity contribution in [2.75, 3.05) is 6.61 Å². The average molecular weight is 224 g/mol. The zero-order valence-corrected chi connectivity index (χ0v) is 9.08. The van der Waals surface area contributed by atoms with Gasteiger partial charge in [-0.05, 0) is 22.4 Å². The fraction of sp³-hybridized carbons (Fsp3) is 0.167. The van der Waals surface area contributed by atoms with Gasteiger partial charge in [-0.15, -0.1) is 12.4 Å². The van der Waals surface area contributed by atoms with E-state index in [9.17, 15) is 0 Å². The van der Waals surface area contributed by atoms with Crippen molar-refractivity contribution in [1.82, 2.24) is 0 Å². The van der Waals surface area contributed by atoms with E-state index in [1.54, 1.807) is 0 Å². The van der Waals surface area contributed by atoms with E-state index in [0.29, 0.717) is 0 Å². The van der Waals surface area contributed by atoms with Crippen molar-refractivity contribution < 1.29 is 5.11 Å². The fourth-order valence-corrected chi connectivity index (χ4v) is 1.54. The van der Waals surface area contributed by atoms with Crippen LogP contribution in [0.1, 0.15) is 11.6 Å². The van der Waals surface area contributed by atoms with Crippen LogP contribution in [0.25, 0.3) is 10.8 Å². The quantitative estimate of drug-likeness (QED) is 0.821. The van der Waals surface area contributed by atoms with Gasteiger partial charge < -0.3 is 10.8 Å². The van der Waals surface area contributed by atoms with E-state index in [-0.39, 0.29) is 25.1 Å². The number of benzene rings is 2. The Morgan fingerprint density at radius 1 is 1.07 bits per heavy atom. The molecule has 0 amide bonds. The Balaban J connectivity index is 0.00000112. The number of hydrogen-bond donors (Lipinski definition) is 2. The van der Waals surface area contributed by atoms with E-state index in [1.807, 2.05) is 36.4 Å². The molecule has 15 heavy (non-hydrogen) atoms. The molecular formula is C12H14ClNO. The largest absolute Gasteiger partial charge is 0.394 e. The van der Waals surface area contributed by atoms with Crippen LogP contribution < -0.4 is 5.73 Å². The molecule has 0 aromatic heterocycles. The molecule has 0 spiro atoms. The Kier molecular flexibility index (Phi) is 4.09. The lowest BCUT2D eigenvalue weighted by molar-refractivity contribution is 0.268. The zero-order chi connectivity index (χ0) is 9.97. The number of aliphatic hydroxyl groups is 1. The molecule has 2 rings (SSSR count). The van der Waals surface area contributed by atoms with Crippen LogP contribution in [0.4, 0.5) is 0 Å². The summed E-state index contributed by atoms with van der Waals surface area (Å²) in [4.78, 5) is 0.